The molecule has 1 aromatic carbocycles. The summed E-state index contributed by atoms with van der Waals surface area (Å²) in [5.41, 5.74) is 0.156. The summed E-state index contributed by atoms with van der Waals surface area (Å²) in [6, 6.07) is 5.93. The summed E-state index contributed by atoms with van der Waals surface area (Å²) < 4.78 is 62.5. The van der Waals surface area contributed by atoms with Crippen molar-refractivity contribution in [3.05, 3.63) is 53.2 Å². The number of methoxy groups -OCH3 is 1. The van der Waals surface area contributed by atoms with Gasteiger partial charge < -0.3 is 9.64 Å². The lowest BCUT2D eigenvalue weighted by Crippen LogP contribution is -2.46. The molecule has 0 bridgehead atoms. The van der Waals surface area contributed by atoms with Gasteiger partial charge in [-0.2, -0.15) is 13.2 Å². The van der Waals surface area contributed by atoms with Crippen LogP contribution in [0.5, 0.6) is 5.75 Å². The first-order valence-corrected chi connectivity index (χ1v) is 11.1. The van der Waals surface area contributed by atoms with Crippen LogP contribution in [0.3, 0.4) is 0 Å². The monoisotopic (exact) mass is 463 g/mol. The number of ether oxygens (including phenoxy) is 1. The molecule has 1 saturated heterocycles. The highest BCUT2D eigenvalue weighted by atomic mass is 19.4. The number of hydrogen-bond acceptors (Lipinski definition) is 5. The SMILES string of the molecule is COc1cc(F)ccc1N1CCN(Cc2ccn3c(CC4CC4)nnc3c2C(F)(F)F)CC1. The van der Waals surface area contributed by atoms with Crippen LogP contribution in [0.2, 0.25) is 0 Å². The van der Waals surface area contributed by atoms with Crippen LogP contribution in [0.25, 0.3) is 5.65 Å². The highest BCUT2D eigenvalue weighted by Crippen LogP contribution is 2.37. The molecular weight excluding hydrogens is 438 g/mol. The number of nitrogens with zero attached hydrogens (tertiary/aromatic N) is 5. The normalized spacial score (nSPS) is 17.7. The van der Waals surface area contributed by atoms with Gasteiger partial charge in [0.2, 0.25) is 0 Å². The molecule has 1 aliphatic carbocycles. The summed E-state index contributed by atoms with van der Waals surface area (Å²) in [5.74, 6) is 1.16. The Morgan fingerprint density at radius 3 is 2.48 bits per heavy atom. The highest BCUT2D eigenvalue weighted by molar-refractivity contribution is 5.59. The molecule has 3 heterocycles. The van der Waals surface area contributed by atoms with Crippen molar-refractivity contribution in [3.8, 4) is 5.75 Å². The molecule has 0 N–H and O–H groups in total. The van der Waals surface area contributed by atoms with Crippen LogP contribution < -0.4 is 9.64 Å². The van der Waals surface area contributed by atoms with Crippen LogP contribution in [0.1, 0.15) is 29.8 Å². The zero-order valence-corrected chi connectivity index (χ0v) is 18.3. The molecule has 2 aliphatic rings. The zero-order valence-electron chi connectivity index (χ0n) is 18.3. The maximum atomic E-state index is 14.1. The van der Waals surface area contributed by atoms with Crippen molar-refractivity contribution in [1.29, 1.82) is 0 Å². The number of benzene rings is 1. The van der Waals surface area contributed by atoms with Crippen molar-refractivity contribution in [1.82, 2.24) is 19.5 Å². The van der Waals surface area contributed by atoms with E-state index in [1.54, 1.807) is 18.3 Å². The predicted molar refractivity (Wildman–Crippen MR) is 115 cm³/mol. The molecule has 0 amide bonds. The molecule has 1 aliphatic heterocycles. The third kappa shape index (κ3) is 4.48. The number of pyridine rings is 1. The summed E-state index contributed by atoms with van der Waals surface area (Å²) in [5, 5.41) is 7.98. The minimum Gasteiger partial charge on any atom is -0.494 e. The van der Waals surface area contributed by atoms with Gasteiger partial charge in [0.1, 0.15) is 23.0 Å². The fourth-order valence-electron chi connectivity index (χ4n) is 4.50. The lowest BCUT2D eigenvalue weighted by molar-refractivity contribution is -0.137. The fraction of sp³-hybridized carbons (Fsp3) is 0.478. The number of alkyl halides is 3. The Labute approximate surface area is 188 Å². The third-order valence-electron chi connectivity index (χ3n) is 6.44. The Bertz CT molecular complexity index is 1150. The number of piperazine rings is 1. The van der Waals surface area contributed by atoms with Crippen LogP contribution in [-0.2, 0) is 19.1 Å². The van der Waals surface area contributed by atoms with Gasteiger partial charge in [0.05, 0.1) is 12.8 Å². The van der Waals surface area contributed by atoms with Gasteiger partial charge in [-0.3, -0.25) is 9.30 Å². The lowest BCUT2D eigenvalue weighted by atomic mass is 10.1. The molecule has 5 rings (SSSR count). The largest absolute Gasteiger partial charge is 0.494 e. The van der Waals surface area contributed by atoms with Gasteiger partial charge in [-0.1, -0.05) is 0 Å². The Kier molecular flexibility index (Phi) is 5.64. The molecular formula is C23H25F4N5O. The molecule has 0 spiro atoms. The van der Waals surface area contributed by atoms with E-state index in [1.807, 2.05) is 4.90 Å². The zero-order chi connectivity index (χ0) is 23.2. The van der Waals surface area contributed by atoms with Crippen molar-refractivity contribution in [2.24, 2.45) is 5.92 Å². The molecule has 2 fully saturated rings. The van der Waals surface area contributed by atoms with E-state index >= 15 is 0 Å². The van der Waals surface area contributed by atoms with E-state index in [0.717, 1.165) is 18.5 Å². The first-order valence-electron chi connectivity index (χ1n) is 11.1. The average molecular weight is 463 g/mol. The van der Waals surface area contributed by atoms with Gasteiger partial charge in [-0.25, -0.2) is 4.39 Å². The highest BCUT2D eigenvalue weighted by Gasteiger charge is 2.38. The summed E-state index contributed by atoms with van der Waals surface area (Å²) >= 11 is 0. The quantitative estimate of drug-likeness (QED) is 0.514. The van der Waals surface area contributed by atoms with Crippen molar-refractivity contribution < 1.29 is 22.3 Å². The van der Waals surface area contributed by atoms with E-state index in [9.17, 15) is 17.6 Å². The number of fused-ring (bicyclic) bond motifs is 1. The molecule has 6 nitrogen and oxygen atoms in total. The van der Waals surface area contributed by atoms with Crippen LogP contribution >= 0.6 is 0 Å². The van der Waals surface area contributed by atoms with Crippen molar-refractivity contribution in [3.63, 3.8) is 0 Å². The van der Waals surface area contributed by atoms with Crippen LogP contribution in [0, 0.1) is 11.7 Å². The second kappa shape index (κ2) is 8.48. The molecule has 176 valence electrons. The minimum atomic E-state index is -4.52. The number of rotatable bonds is 6. The number of halogens is 4. The van der Waals surface area contributed by atoms with Gasteiger partial charge >= 0.3 is 6.18 Å². The third-order valence-corrected chi connectivity index (χ3v) is 6.44. The van der Waals surface area contributed by atoms with Crippen LogP contribution in [0.15, 0.2) is 30.5 Å². The second-order valence-corrected chi connectivity index (χ2v) is 8.75. The standard InChI is InChI=1S/C23H25F4N5O/c1-33-19-13-17(24)4-5-18(19)31-10-8-30(9-11-31)14-16-6-7-32-20(12-15-2-3-15)28-29-22(32)21(16)23(25,26)27/h4-7,13,15H,2-3,8-12,14H2,1H3. The summed E-state index contributed by atoms with van der Waals surface area (Å²) in [6.07, 6.45) is -0.0152. The van der Waals surface area contributed by atoms with E-state index in [0.29, 0.717) is 50.1 Å². The summed E-state index contributed by atoms with van der Waals surface area (Å²) in [4.78, 5) is 4.06. The fourth-order valence-corrected chi connectivity index (χ4v) is 4.50. The van der Waals surface area contributed by atoms with Gasteiger partial charge in [0.25, 0.3) is 0 Å². The maximum absolute atomic E-state index is 14.1. The van der Waals surface area contributed by atoms with E-state index in [1.165, 1.54) is 23.6 Å². The van der Waals surface area contributed by atoms with Gasteiger partial charge in [0, 0.05) is 51.4 Å². The van der Waals surface area contributed by atoms with Gasteiger partial charge in [0.15, 0.2) is 5.65 Å². The molecule has 0 atom stereocenters. The molecule has 10 heteroatoms. The Balaban J connectivity index is 1.34. The van der Waals surface area contributed by atoms with Gasteiger partial charge in [-0.15, -0.1) is 10.2 Å². The van der Waals surface area contributed by atoms with E-state index in [-0.39, 0.29) is 23.6 Å². The molecule has 2 aromatic heterocycles. The molecule has 33 heavy (non-hydrogen) atoms. The van der Waals surface area contributed by atoms with E-state index in [2.05, 4.69) is 15.1 Å². The first kappa shape index (κ1) is 21.9. The summed E-state index contributed by atoms with van der Waals surface area (Å²) in [6.45, 7) is 2.51. The van der Waals surface area contributed by atoms with E-state index in [4.69, 9.17) is 4.74 Å². The predicted octanol–water partition coefficient (Wildman–Crippen LogP) is 4.17. The van der Waals surface area contributed by atoms with E-state index < -0.39 is 11.7 Å². The second-order valence-electron chi connectivity index (χ2n) is 8.75. The Morgan fingerprint density at radius 2 is 1.82 bits per heavy atom. The van der Waals surface area contributed by atoms with Crippen LogP contribution in [-0.4, -0.2) is 52.8 Å². The summed E-state index contributed by atoms with van der Waals surface area (Å²) in [7, 11) is 1.49. The first-order chi connectivity index (χ1) is 15.8. The molecule has 0 unspecified atom stereocenters. The number of aromatic nitrogens is 3. The Morgan fingerprint density at radius 1 is 1.06 bits per heavy atom. The smallest absolute Gasteiger partial charge is 0.420 e. The number of hydrogen-bond donors (Lipinski definition) is 0. The van der Waals surface area contributed by atoms with Crippen molar-refractivity contribution >= 4 is 11.3 Å². The van der Waals surface area contributed by atoms with Crippen molar-refractivity contribution in [2.45, 2.75) is 32.0 Å². The molecule has 0 radical (unpaired) electrons. The topological polar surface area (TPSA) is 45.9 Å². The van der Waals surface area contributed by atoms with Crippen LogP contribution in [0.4, 0.5) is 23.2 Å². The molecule has 1 saturated carbocycles. The number of anilines is 1. The lowest BCUT2D eigenvalue weighted by Gasteiger charge is -2.37. The molecule has 3 aromatic rings. The average Bonchev–Trinajstić information content (AvgIpc) is 3.52. The van der Waals surface area contributed by atoms with Crippen molar-refractivity contribution in [2.75, 3.05) is 38.2 Å². The maximum Gasteiger partial charge on any atom is 0.420 e. The Hall–Kier alpha value is -2.88. The van der Waals surface area contributed by atoms with Gasteiger partial charge in [-0.05, 0) is 42.5 Å². The minimum absolute atomic E-state index is 0.120.